The third kappa shape index (κ3) is 3.74. The highest BCUT2D eigenvalue weighted by Crippen LogP contribution is 2.39. The van der Waals surface area contributed by atoms with Crippen molar-refractivity contribution < 1.29 is 14.7 Å². The number of hydrogen-bond donors (Lipinski definition) is 3. The Labute approximate surface area is 186 Å². The van der Waals surface area contributed by atoms with E-state index in [0.29, 0.717) is 40.5 Å². The van der Waals surface area contributed by atoms with Gasteiger partial charge in [0.05, 0.1) is 21.6 Å². The summed E-state index contributed by atoms with van der Waals surface area (Å²) in [6.07, 6.45) is 0.206. The third-order valence-corrected chi connectivity index (χ3v) is 6.81. The van der Waals surface area contributed by atoms with E-state index in [9.17, 15) is 14.7 Å². The molecular weight excluding hydrogens is 427 g/mol. The van der Waals surface area contributed by atoms with Crippen LogP contribution in [0.15, 0.2) is 18.2 Å². The van der Waals surface area contributed by atoms with Gasteiger partial charge in [-0.05, 0) is 36.5 Å². The summed E-state index contributed by atoms with van der Waals surface area (Å²) in [4.78, 5) is 26.7. The SMILES string of the molecule is Cn1c(C(=O)NC2(CN)CCCN(C(=O)O)C2C(C)(C)C)cc2c(Cl)c(Cl)ccc21. The van der Waals surface area contributed by atoms with Gasteiger partial charge in [-0.2, -0.15) is 0 Å². The van der Waals surface area contributed by atoms with E-state index in [4.69, 9.17) is 28.9 Å². The molecule has 0 aliphatic carbocycles. The van der Waals surface area contributed by atoms with Crippen molar-refractivity contribution in [1.82, 2.24) is 14.8 Å². The van der Waals surface area contributed by atoms with Gasteiger partial charge in [0.25, 0.3) is 5.91 Å². The van der Waals surface area contributed by atoms with Gasteiger partial charge in [0.2, 0.25) is 0 Å². The van der Waals surface area contributed by atoms with Crippen molar-refractivity contribution in [2.75, 3.05) is 13.1 Å². The van der Waals surface area contributed by atoms with Gasteiger partial charge in [0.1, 0.15) is 5.69 Å². The largest absolute Gasteiger partial charge is 0.465 e. The minimum absolute atomic E-state index is 0.126. The van der Waals surface area contributed by atoms with Crippen molar-refractivity contribution in [2.45, 2.75) is 45.2 Å². The van der Waals surface area contributed by atoms with Crippen molar-refractivity contribution in [2.24, 2.45) is 18.2 Å². The molecule has 2 amide bonds. The number of carboxylic acid groups (broad SMARTS) is 1. The van der Waals surface area contributed by atoms with Crippen LogP contribution in [-0.2, 0) is 7.05 Å². The van der Waals surface area contributed by atoms with E-state index in [1.165, 1.54) is 4.90 Å². The van der Waals surface area contributed by atoms with Crippen LogP contribution < -0.4 is 11.1 Å². The number of benzene rings is 1. The Kier molecular flexibility index (Phi) is 6.02. The molecule has 0 bridgehead atoms. The van der Waals surface area contributed by atoms with Gasteiger partial charge >= 0.3 is 6.09 Å². The van der Waals surface area contributed by atoms with Gasteiger partial charge in [-0.15, -0.1) is 0 Å². The van der Waals surface area contributed by atoms with Gasteiger partial charge in [0, 0.05) is 31.0 Å². The van der Waals surface area contributed by atoms with Crippen molar-refractivity contribution >= 4 is 46.1 Å². The van der Waals surface area contributed by atoms with E-state index in [1.54, 1.807) is 23.7 Å². The Balaban J connectivity index is 2.05. The second-order valence-corrected chi connectivity index (χ2v) is 9.83. The summed E-state index contributed by atoms with van der Waals surface area (Å²) in [5.74, 6) is -0.326. The van der Waals surface area contributed by atoms with Crippen molar-refractivity contribution in [3.8, 4) is 0 Å². The number of amides is 2. The van der Waals surface area contributed by atoms with Crippen LogP contribution in [-0.4, -0.2) is 51.2 Å². The normalized spacial score (nSPS) is 22.4. The summed E-state index contributed by atoms with van der Waals surface area (Å²) >= 11 is 12.5. The van der Waals surface area contributed by atoms with Crippen LogP contribution in [0.25, 0.3) is 10.9 Å². The van der Waals surface area contributed by atoms with E-state index in [1.807, 2.05) is 26.8 Å². The molecule has 1 aliphatic rings. The van der Waals surface area contributed by atoms with Gasteiger partial charge in [0.15, 0.2) is 0 Å². The Hall–Kier alpha value is -1.96. The zero-order chi connectivity index (χ0) is 22.4. The summed E-state index contributed by atoms with van der Waals surface area (Å²) in [5, 5.41) is 14.4. The molecule has 2 aromatic rings. The fourth-order valence-corrected chi connectivity index (χ4v) is 5.26. The second kappa shape index (κ2) is 7.94. The first-order valence-electron chi connectivity index (χ1n) is 9.88. The number of aromatic nitrogens is 1. The Morgan fingerprint density at radius 1 is 1.33 bits per heavy atom. The zero-order valence-corrected chi connectivity index (χ0v) is 19.1. The average molecular weight is 455 g/mol. The standard InChI is InChI=1S/C21H28Cl2N4O3/c1-20(2,3)18-21(11-24,8-5-9-27(18)19(29)30)25-17(28)15-10-12-14(26(15)4)7-6-13(22)16(12)23/h6-7,10,18H,5,8-9,11,24H2,1-4H3,(H,25,28)(H,29,30). The molecule has 2 unspecified atom stereocenters. The van der Waals surface area contributed by atoms with Gasteiger partial charge in [-0.1, -0.05) is 44.0 Å². The smallest absolute Gasteiger partial charge is 0.407 e. The molecule has 1 aromatic carbocycles. The fourth-order valence-electron chi connectivity index (χ4n) is 4.88. The number of carbonyl (C=O) groups excluding carboxylic acids is 1. The molecule has 1 aromatic heterocycles. The number of nitrogens with one attached hydrogen (secondary N) is 1. The minimum Gasteiger partial charge on any atom is -0.465 e. The molecule has 0 radical (unpaired) electrons. The Bertz CT molecular complexity index is 998. The van der Waals surface area contributed by atoms with Crippen LogP contribution in [0, 0.1) is 5.41 Å². The highest BCUT2D eigenvalue weighted by Gasteiger charge is 2.52. The van der Waals surface area contributed by atoms with E-state index in [2.05, 4.69) is 5.32 Å². The summed E-state index contributed by atoms with van der Waals surface area (Å²) in [7, 11) is 1.78. The monoisotopic (exact) mass is 454 g/mol. The highest BCUT2D eigenvalue weighted by molar-refractivity contribution is 6.45. The summed E-state index contributed by atoms with van der Waals surface area (Å²) in [6.45, 7) is 6.44. The topological polar surface area (TPSA) is 101 Å². The lowest BCUT2D eigenvalue weighted by Gasteiger charge is -2.54. The number of hydrogen-bond acceptors (Lipinski definition) is 3. The maximum Gasteiger partial charge on any atom is 0.407 e. The van der Waals surface area contributed by atoms with Crippen LogP contribution in [0.3, 0.4) is 0 Å². The number of nitrogens with zero attached hydrogens (tertiary/aromatic N) is 2. The van der Waals surface area contributed by atoms with Crippen LogP contribution >= 0.6 is 23.2 Å². The maximum absolute atomic E-state index is 13.4. The molecule has 1 saturated heterocycles. The number of halogens is 2. The molecule has 164 valence electrons. The molecule has 4 N–H and O–H groups in total. The van der Waals surface area contributed by atoms with E-state index >= 15 is 0 Å². The van der Waals surface area contributed by atoms with Gasteiger partial charge in [-0.25, -0.2) is 4.79 Å². The van der Waals surface area contributed by atoms with Crippen LogP contribution in [0.4, 0.5) is 4.79 Å². The number of fused-ring (bicyclic) bond motifs is 1. The van der Waals surface area contributed by atoms with Crippen LogP contribution in [0.2, 0.25) is 10.0 Å². The zero-order valence-electron chi connectivity index (χ0n) is 17.6. The molecule has 2 atom stereocenters. The van der Waals surface area contributed by atoms with Gasteiger partial charge < -0.3 is 25.6 Å². The van der Waals surface area contributed by atoms with Crippen molar-refractivity contribution in [3.05, 3.63) is 33.9 Å². The molecule has 3 rings (SSSR count). The fraction of sp³-hybridized carbons (Fsp3) is 0.524. The molecule has 0 saturated carbocycles. The maximum atomic E-state index is 13.4. The van der Waals surface area contributed by atoms with Crippen LogP contribution in [0.5, 0.6) is 0 Å². The number of carbonyl (C=O) groups is 2. The van der Waals surface area contributed by atoms with E-state index in [0.717, 1.165) is 5.52 Å². The number of likely N-dealkylation sites (tertiary alicyclic amines) is 1. The summed E-state index contributed by atoms with van der Waals surface area (Å²) < 4.78 is 1.75. The van der Waals surface area contributed by atoms with E-state index < -0.39 is 23.1 Å². The first-order valence-corrected chi connectivity index (χ1v) is 10.6. The molecule has 0 spiro atoms. The number of aryl methyl sites for hydroxylation is 1. The van der Waals surface area contributed by atoms with Gasteiger partial charge in [-0.3, -0.25) is 4.79 Å². The quantitative estimate of drug-likeness (QED) is 0.649. The number of piperidine rings is 1. The Morgan fingerprint density at radius 3 is 2.57 bits per heavy atom. The third-order valence-electron chi connectivity index (χ3n) is 6.00. The van der Waals surface area contributed by atoms with Crippen molar-refractivity contribution in [1.29, 1.82) is 0 Å². The Morgan fingerprint density at radius 2 is 2.00 bits per heavy atom. The molecule has 2 heterocycles. The first-order chi connectivity index (χ1) is 13.9. The molecule has 1 fully saturated rings. The molecule has 9 heteroatoms. The lowest BCUT2D eigenvalue weighted by molar-refractivity contribution is -0.00361. The van der Waals surface area contributed by atoms with Crippen LogP contribution in [0.1, 0.15) is 44.1 Å². The lowest BCUT2D eigenvalue weighted by atomic mass is 9.69. The molecule has 1 aliphatic heterocycles. The summed E-state index contributed by atoms with van der Waals surface area (Å²) in [5.41, 5.74) is 6.06. The highest BCUT2D eigenvalue weighted by atomic mass is 35.5. The summed E-state index contributed by atoms with van der Waals surface area (Å²) in [6, 6.07) is 4.73. The average Bonchev–Trinajstić information content (AvgIpc) is 3.01. The predicted octanol–water partition coefficient (Wildman–Crippen LogP) is 4.10. The lowest BCUT2D eigenvalue weighted by Crippen LogP contribution is -2.72. The van der Waals surface area contributed by atoms with Crippen molar-refractivity contribution in [3.63, 3.8) is 0 Å². The molecule has 7 nitrogen and oxygen atoms in total. The molecular formula is C21H28Cl2N4O3. The molecule has 30 heavy (non-hydrogen) atoms. The predicted molar refractivity (Wildman–Crippen MR) is 119 cm³/mol. The first kappa shape index (κ1) is 22.7. The second-order valence-electron chi connectivity index (χ2n) is 9.05. The van der Waals surface area contributed by atoms with E-state index in [-0.39, 0.29) is 12.5 Å². The minimum atomic E-state index is -1.01. The number of rotatable bonds is 3. The number of nitrogens with two attached hydrogens (primary N) is 1.